The molecule has 2 aromatic carbocycles. The fourth-order valence-electron chi connectivity index (χ4n) is 3.20. The number of carbonyl (C=O) groups is 2. The molecule has 0 saturated carbocycles. The van der Waals surface area contributed by atoms with Crippen molar-refractivity contribution < 1.29 is 19.1 Å². The minimum Gasteiger partial charge on any atom is -0.459 e. The van der Waals surface area contributed by atoms with Gasteiger partial charge in [0.05, 0.1) is 0 Å². The van der Waals surface area contributed by atoms with Crippen LogP contribution in [0, 0.1) is 0 Å². The highest BCUT2D eigenvalue weighted by Crippen LogP contribution is 2.44. The molecule has 0 heterocycles. The number of carbonyl (C=O) groups excluding carboxylic acids is 2. The highest BCUT2D eigenvalue weighted by atomic mass is 16.6. The van der Waals surface area contributed by atoms with E-state index in [0.29, 0.717) is 0 Å². The van der Waals surface area contributed by atoms with Crippen LogP contribution in [0.15, 0.2) is 48.5 Å². The zero-order valence-corrected chi connectivity index (χ0v) is 15.7. The van der Waals surface area contributed by atoms with Crippen molar-refractivity contribution in [3.05, 3.63) is 59.7 Å². The molecule has 0 aliphatic heterocycles. The van der Waals surface area contributed by atoms with Crippen LogP contribution in [0.1, 0.15) is 37.8 Å². The molecule has 1 amide bonds. The number of benzene rings is 2. The molecule has 0 bridgehead atoms. The minimum absolute atomic E-state index is 0.00555. The Hall–Kier alpha value is -2.86. The zero-order valence-electron chi connectivity index (χ0n) is 15.7. The van der Waals surface area contributed by atoms with Gasteiger partial charge in [0.1, 0.15) is 18.8 Å². The molecule has 1 aliphatic carbocycles. The summed E-state index contributed by atoms with van der Waals surface area (Å²) in [6.45, 7) is 5.42. The van der Waals surface area contributed by atoms with Gasteiger partial charge in [-0.15, -0.1) is 0 Å². The van der Waals surface area contributed by atoms with Crippen molar-refractivity contribution in [1.29, 1.82) is 0 Å². The molecule has 1 aliphatic rings. The van der Waals surface area contributed by atoms with Gasteiger partial charge in [0.15, 0.2) is 0 Å². The Bertz CT molecular complexity index is 797. The van der Waals surface area contributed by atoms with Crippen LogP contribution < -0.4 is 10.9 Å². The Kier molecular flexibility index (Phi) is 5.46. The van der Waals surface area contributed by atoms with Crippen molar-refractivity contribution in [2.45, 2.75) is 32.3 Å². The number of rotatable bonds is 5. The summed E-state index contributed by atoms with van der Waals surface area (Å²) in [4.78, 5) is 23.5. The van der Waals surface area contributed by atoms with Crippen LogP contribution in [0.5, 0.6) is 0 Å². The fraction of sp³-hybridized carbons (Fsp3) is 0.333. The summed E-state index contributed by atoms with van der Waals surface area (Å²) in [6, 6.07) is 16.3. The first kappa shape index (κ1) is 18.9. The quantitative estimate of drug-likeness (QED) is 0.625. The van der Waals surface area contributed by atoms with E-state index in [2.05, 4.69) is 35.1 Å². The number of hydrogen-bond donors (Lipinski definition) is 2. The standard InChI is InChI=1S/C21H24N2O4/c1-21(2,3)27-19(24)12-22-23-20(25)26-13-18-16-10-6-4-8-14(16)15-9-5-7-11-17(15)18/h4-11,18,22H,12-13H2,1-3H3,(H,23,25). The Morgan fingerprint density at radius 2 is 1.52 bits per heavy atom. The topological polar surface area (TPSA) is 76.7 Å². The number of hydrogen-bond acceptors (Lipinski definition) is 5. The van der Waals surface area contributed by atoms with Gasteiger partial charge in [-0.1, -0.05) is 48.5 Å². The van der Waals surface area contributed by atoms with Crippen molar-refractivity contribution >= 4 is 12.1 Å². The number of ether oxygens (including phenoxy) is 2. The molecule has 6 heteroatoms. The molecule has 0 spiro atoms. The number of amides is 1. The molecule has 3 rings (SSSR count). The van der Waals surface area contributed by atoms with Crippen molar-refractivity contribution in [2.24, 2.45) is 0 Å². The summed E-state index contributed by atoms with van der Waals surface area (Å²) in [5, 5.41) is 0. The number of nitrogens with one attached hydrogen (secondary N) is 2. The summed E-state index contributed by atoms with van der Waals surface area (Å²) >= 11 is 0. The third kappa shape index (κ3) is 4.65. The molecule has 2 aromatic rings. The Balaban J connectivity index is 1.53. The maximum Gasteiger partial charge on any atom is 0.421 e. The van der Waals surface area contributed by atoms with Gasteiger partial charge in [-0.3, -0.25) is 10.2 Å². The van der Waals surface area contributed by atoms with Crippen LogP contribution in [0.25, 0.3) is 11.1 Å². The maximum absolute atomic E-state index is 11.9. The number of esters is 1. The monoisotopic (exact) mass is 368 g/mol. The van der Waals surface area contributed by atoms with E-state index in [0.717, 1.165) is 11.1 Å². The molecule has 6 nitrogen and oxygen atoms in total. The van der Waals surface area contributed by atoms with Gasteiger partial charge in [-0.05, 0) is 43.0 Å². The van der Waals surface area contributed by atoms with Gasteiger partial charge in [0.2, 0.25) is 0 Å². The lowest BCUT2D eigenvalue weighted by atomic mass is 9.98. The second kappa shape index (κ2) is 7.80. The minimum atomic E-state index is -0.638. The fourth-order valence-corrected chi connectivity index (χ4v) is 3.20. The van der Waals surface area contributed by atoms with Crippen LogP contribution in [0.2, 0.25) is 0 Å². The molecular formula is C21H24N2O4. The highest BCUT2D eigenvalue weighted by Gasteiger charge is 2.29. The molecule has 0 saturated heterocycles. The first-order chi connectivity index (χ1) is 12.8. The summed E-state index contributed by atoms with van der Waals surface area (Å²) in [5.41, 5.74) is 8.95. The first-order valence-electron chi connectivity index (χ1n) is 8.91. The van der Waals surface area contributed by atoms with Gasteiger partial charge in [0.25, 0.3) is 0 Å². The van der Waals surface area contributed by atoms with Crippen LogP contribution in [-0.4, -0.2) is 30.8 Å². The predicted octanol–water partition coefficient (Wildman–Crippen LogP) is 3.37. The molecule has 0 radical (unpaired) electrons. The van der Waals surface area contributed by atoms with Crippen LogP contribution >= 0.6 is 0 Å². The molecular weight excluding hydrogens is 344 g/mol. The summed E-state index contributed by atoms with van der Waals surface area (Å²) in [7, 11) is 0. The molecule has 0 unspecified atom stereocenters. The Labute approximate surface area is 158 Å². The molecule has 142 valence electrons. The van der Waals surface area contributed by atoms with Crippen LogP contribution in [-0.2, 0) is 14.3 Å². The third-order valence-electron chi connectivity index (χ3n) is 4.19. The lowest BCUT2D eigenvalue weighted by Gasteiger charge is -2.19. The Morgan fingerprint density at radius 1 is 0.963 bits per heavy atom. The maximum atomic E-state index is 11.9. The SMILES string of the molecule is CC(C)(C)OC(=O)CNNC(=O)OCC1c2ccccc2-c2ccccc21. The third-order valence-corrected chi connectivity index (χ3v) is 4.19. The van der Waals surface area contributed by atoms with Gasteiger partial charge < -0.3 is 9.47 Å². The van der Waals surface area contributed by atoms with Gasteiger partial charge >= 0.3 is 12.1 Å². The molecule has 2 N–H and O–H groups in total. The number of fused-ring (bicyclic) bond motifs is 3. The lowest BCUT2D eigenvalue weighted by Crippen LogP contribution is -2.42. The zero-order chi connectivity index (χ0) is 19.4. The van der Waals surface area contributed by atoms with E-state index in [9.17, 15) is 9.59 Å². The van der Waals surface area contributed by atoms with E-state index >= 15 is 0 Å². The van der Waals surface area contributed by atoms with Gasteiger partial charge in [-0.25, -0.2) is 10.2 Å². The van der Waals surface area contributed by atoms with E-state index in [-0.39, 0.29) is 19.1 Å². The first-order valence-corrected chi connectivity index (χ1v) is 8.91. The molecule has 0 atom stereocenters. The predicted molar refractivity (Wildman–Crippen MR) is 102 cm³/mol. The van der Waals surface area contributed by atoms with E-state index < -0.39 is 17.7 Å². The van der Waals surface area contributed by atoms with Crippen molar-refractivity contribution in [3.63, 3.8) is 0 Å². The lowest BCUT2D eigenvalue weighted by molar-refractivity contribution is -0.153. The summed E-state index contributed by atoms with van der Waals surface area (Å²) < 4.78 is 10.5. The largest absolute Gasteiger partial charge is 0.459 e. The second-order valence-electron chi connectivity index (χ2n) is 7.39. The average molecular weight is 368 g/mol. The molecule has 27 heavy (non-hydrogen) atoms. The van der Waals surface area contributed by atoms with Crippen LogP contribution in [0.4, 0.5) is 4.79 Å². The van der Waals surface area contributed by atoms with Crippen molar-refractivity contribution in [3.8, 4) is 11.1 Å². The van der Waals surface area contributed by atoms with Gasteiger partial charge in [-0.2, -0.15) is 0 Å². The van der Waals surface area contributed by atoms with E-state index in [1.165, 1.54) is 11.1 Å². The molecule has 0 fully saturated rings. The highest BCUT2D eigenvalue weighted by molar-refractivity contribution is 5.79. The Morgan fingerprint density at radius 3 is 2.07 bits per heavy atom. The summed E-state index contributed by atoms with van der Waals surface area (Å²) in [6.07, 6.45) is -0.638. The molecule has 0 aromatic heterocycles. The van der Waals surface area contributed by atoms with Crippen molar-refractivity contribution in [1.82, 2.24) is 10.9 Å². The van der Waals surface area contributed by atoms with Gasteiger partial charge in [0, 0.05) is 5.92 Å². The van der Waals surface area contributed by atoms with E-state index in [4.69, 9.17) is 9.47 Å². The van der Waals surface area contributed by atoms with E-state index in [1.807, 2.05) is 24.3 Å². The summed E-state index contributed by atoms with van der Waals surface area (Å²) in [5.74, 6) is -0.463. The van der Waals surface area contributed by atoms with Crippen molar-refractivity contribution in [2.75, 3.05) is 13.2 Å². The normalized spacial score (nSPS) is 12.9. The smallest absolute Gasteiger partial charge is 0.421 e. The number of hydrazine groups is 1. The van der Waals surface area contributed by atoms with Crippen LogP contribution in [0.3, 0.4) is 0 Å². The van der Waals surface area contributed by atoms with E-state index in [1.54, 1.807) is 20.8 Å². The average Bonchev–Trinajstić information content (AvgIpc) is 2.92. The second-order valence-corrected chi connectivity index (χ2v) is 7.39.